The first kappa shape index (κ1) is 35.1. The van der Waals surface area contributed by atoms with E-state index in [1.807, 2.05) is 0 Å². The highest BCUT2D eigenvalue weighted by Gasteiger charge is 2.39. The molecule has 0 saturated carbocycles. The van der Waals surface area contributed by atoms with Crippen molar-refractivity contribution in [3.63, 3.8) is 0 Å². The molecule has 3 N–H and O–H groups in total. The van der Waals surface area contributed by atoms with Gasteiger partial charge in [0.2, 0.25) is 10.0 Å². The zero-order valence-corrected chi connectivity index (χ0v) is 27.2. The molecular formula is C35H36F4N4O4S. The molecule has 0 aliphatic carbocycles. The number of ketones is 1. The number of ether oxygens (including phenoxy) is 1. The third kappa shape index (κ3) is 7.59. The lowest BCUT2D eigenvalue weighted by molar-refractivity contribution is -0.119. The summed E-state index contributed by atoms with van der Waals surface area (Å²) in [6.45, 7) is 2.51. The van der Waals surface area contributed by atoms with E-state index in [4.69, 9.17) is 10.5 Å². The zero-order chi connectivity index (χ0) is 34.6. The molecule has 0 spiro atoms. The molecule has 4 atom stereocenters. The lowest BCUT2D eigenvalue weighted by Crippen LogP contribution is -2.58. The van der Waals surface area contributed by atoms with Gasteiger partial charge in [-0.1, -0.05) is 24.3 Å². The lowest BCUT2D eigenvalue weighted by atomic mass is 9.82. The number of hydrogen-bond donors (Lipinski definition) is 2. The standard InChI is InChI=1S/C35H36F4N4O4S/c1-21-17-41-19-28(43(21)48(45,46)33-6-4-3-5-32(33)47-2)11-12-29-24(18-42-20-30(29)39)15-31(44)35(40)34(22-7-9-25(36)10-8-22)23-13-26(37)16-27(38)14-23/h3-10,13-14,16,18,20-21,28,34-35,41H,11-12,15,17,19,40H2,1-2H3/t21-,28-,34-,35+/m0/s1. The molecule has 1 aromatic heterocycles. The third-order valence-electron chi connectivity index (χ3n) is 8.63. The molecule has 5 rings (SSSR count). The molecule has 1 saturated heterocycles. The number of Topliss-reactive ketones (excluding diaryl/α,β-unsaturated/α-hetero) is 1. The first-order valence-corrected chi connectivity index (χ1v) is 16.8. The number of para-hydroxylation sites is 1. The molecule has 1 aliphatic rings. The van der Waals surface area contributed by atoms with Crippen molar-refractivity contribution in [1.82, 2.24) is 14.6 Å². The van der Waals surface area contributed by atoms with Crippen molar-refractivity contribution in [3.8, 4) is 5.75 Å². The van der Waals surface area contributed by atoms with Crippen molar-refractivity contribution >= 4 is 15.8 Å². The minimum absolute atomic E-state index is 0.0236. The normalized spacial score (nSPS) is 18.3. The van der Waals surface area contributed by atoms with E-state index in [2.05, 4.69) is 10.3 Å². The summed E-state index contributed by atoms with van der Waals surface area (Å²) >= 11 is 0. The van der Waals surface area contributed by atoms with E-state index in [1.54, 1.807) is 25.1 Å². The molecule has 13 heteroatoms. The van der Waals surface area contributed by atoms with Gasteiger partial charge in [0.1, 0.15) is 33.9 Å². The van der Waals surface area contributed by atoms with Gasteiger partial charge in [-0.2, -0.15) is 4.31 Å². The predicted molar refractivity (Wildman–Crippen MR) is 172 cm³/mol. The molecule has 0 unspecified atom stereocenters. The van der Waals surface area contributed by atoms with Gasteiger partial charge >= 0.3 is 0 Å². The van der Waals surface area contributed by atoms with Crippen LogP contribution in [-0.2, 0) is 27.7 Å². The second-order valence-corrected chi connectivity index (χ2v) is 13.7. The van der Waals surface area contributed by atoms with Gasteiger partial charge in [0, 0.05) is 49.8 Å². The Hall–Kier alpha value is -4.17. The molecular weight excluding hydrogens is 648 g/mol. The van der Waals surface area contributed by atoms with Crippen LogP contribution in [0.5, 0.6) is 5.75 Å². The zero-order valence-electron chi connectivity index (χ0n) is 26.4. The quantitative estimate of drug-likeness (QED) is 0.204. The van der Waals surface area contributed by atoms with Crippen LogP contribution in [0.2, 0.25) is 0 Å². The van der Waals surface area contributed by atoms with Crippen LogP contribution in [0, 0.1) is 23.3 Å². The van der Waals surface area contributed by atoms with Crippen molar-refractivity contribution in [2.45, 2.75) is 55.1 Å². The van der Waals surface area contributed by atoms with E-state index in [0.717, 1.165) is 30.5 Å². The first-order chi connectivity index (χ1) is 22.9. The number of benzene rings is 3. The Bertz CT molecular complexity index is 1860. The number of nitrogens with one attached hydrogen (secondary N) is 1. The van der Waals surface area contributed by atoms with Crippen LogP contribution in [-0.4, -0.2) is 61.8 Å². The summed E-state index contributed by atoms with van der Waals surface area (Å²) < 4.78 is 92.2. The number of nitrogens with two attached hydrogens (primary N) is 1. The Kier molecular flexibility index (Phi) is 10.9. The summed E-state index contributed by atoms with van der Waals surface area (Å²) in [4.78, 5) is 17.7. The fraction of sp³-hybridized carbons (Fsp3) is 0.314. The minimum atomic E-state index is -4.01. The van der Waals surface area contributed by atoms with Crippen molar-refractivity contribution in [2.75, 3.05) is 20.2 Å². The van der Waals surface area contributed by atoms with Gasteiger partial charge in [0.25, 0.3) is 0 Å². The number of nitrogens with zero attached hydrogens (tertiary/aromatic N) is 2. The molecule has 2 heterocycles. The molecule has 1 fully saturated rings. The molecule has 8 nitrogen and oxygen atoms in total. The number of halogens is 4. The topological polar surface area (TPSA) is 115 Å². The molecule has 48 heavy (non-hydrogen) atoms. The molecule has 3 aromatic carbocycles. The van der Waals surface area contributed by atoms with Crippen LogP contribution in [0.25, 0.3) is 0 Å². The first-order valence-electron chi connectivity index (χ1n) is 15.4. The Morgan fingerprint density at radius 3 is 2.35 bits per heavy atom. The van der Waals surface area contributed by atoms with Crippen LogP contribution in [0.1, 0.15) is 41.5 Å². The average molecular weight is 685 g/mol. The number of piperazine rings is 1. The highest BCUT2D eigenvalue weighted by molar-refractivity contribution is 7.89. The Morgan fingerprint density at radius 2 is 1.67 bits per heavy atom. The van der Waals surface area contributed by atoms with E-state index < -0.39 is 63.1 Å². The fourth-order valence-electron chi connectivity index (χ4n) is 6.38. The summed E-state index contributed by atoms with van der Waals surface area (Å²) in [7, 11) is -2.62. The Balaban J connectivity index is 1.40. The number of sulfonamides is 1. The number of carbonyl (C=O) groups excluding carboxylic acids is 1. The van der Waals surface area contributed by atoms with E-state index in [0.29, 0.717) is 24.7 Å². The molecule has 0 radical (unpaired) electrons. The lowest BCUT2D eigenvalue weighted by Gasteiger charge is -2.40. The highest BCUT2D eigenvalue weighted by Crippen LogP contribution is 2.33. The van der Waals surface area contributed by atoms with Gasteiger partial charge < -0.3 is 15.8 Å². The molecule has 1 aliphatic heterocycles. The number of rotatable bonds is 12. The van der Waals surface area contributed by atoms with Gasteiger partial charge in [0.15, 0.2) is 5.78 Å². The van der Waals surface area contributed by atoms with Crippen LogP contribution in [0.15, 0.2) is 84.0 Å². The van der Waals surface area contributed by atoms with Crippen molar-refractivity contribution in [2.24, 2.45) is 5.73 Å². The van der Waals surface area contributed by atoms with Crippen LogP contribution in [0.4, 0.5) is 17.6 Å². The van der Waals surface area contributed by atoms with Gasteiger partial charge in [-0.05, 0) is 78.4 Å². The second kappa shape index (κ2) is 14.9. The fourth-order valence-corrected chi connectivity index (χ4v) is 8.38. The minimum Gasteiger partial charge on any atom is -0.495 e. The average Bonchev–Trinajstić information content (AvgIpc) is 3.05. The number of aromatic nitrogens is 1. The number of pyridine rings is 1. The third-order valence-corrected chi connectivity index (χ3v) is 10.7. The molecule has 254 valence electrons. The van der Waals surface area contributed by atoms with Crippen molar-refractivity contribution in [3.05, 3.63) is 125 Å². The van der Waals surface area contributed by atoms with E-state index in [9.17, 15) is 26.4 Å². The van der Waals surface area contributed by atoms with Gasteiger partial charge in [-0.15, -0.1) is 0 Å². The van der Waals surface area contributed by atoms with Crippen LogP contribution in [0.3, 0.4) is 0 Å². The summed E-state index contributed by atoms with van der Waals surface area (Å²) in [6, 6.07) is 11.9. The van der Waals surface area contributed by atoms with Gasteiger partial charge in [-0.25, -0.2) is 26.0 Å². The summed E-state index contributed by atoms with van der Waals surface area (Å²) in [5.74, 6) is -4.38. The van der Waals surface area contributed by atoms with E-state index in [-0.39, 0.29) is 46.6 Å². The number of carbonyl (C=O) groups is 1. The molecule has 0 amide bonds. The van der Waals surface area contributed by atoms with Crippen molar-refractivity contribution < 1.29 is 35.5 Å². The summed E-state index contributed by atoms with van der Waals surface area (Å²) in [5.41, 5.74) is 7.31. The van der Waals surface area contributed by atoms with E-state index in [1.165, 1.54) is 35.8 Å². The monoisotopic (exact) mass is 684 g/mol. The largest absolute Gasteiger partial charge is 0.495 e. The van der Waals surface area contributed by atoms with Gasteiger partial charge in [-0.3, -0.25) is 9.78 Å². The van der Waals surface area contributed by atoms with Crippen LogP contribution < -0.4 is 15.8 Å². The SMILES string of the molecule is COc1ccccc1S(=O)(=O)N1[C@@H](CCc2c(F)cncc2CC(=O)[C@@H](N)[C@@H](c2ccc(F)cc2)c2cc(F)cc(F)c2)CNC[C@@H]1C. The maximum atomic E-state index is 15.4. The van der Waals surface area contributed by atoms with Crippen LogP contribution >= 0.6 is 0 Å². The van der Waals surface area contributed by atoms with E-state index >= 15 is 4.39 Å². The second-order valence-electron chi connectivity index (χ2n) is 11.8. The Morgan fingerprint density at radius 1 is 0.979 bits per heavy atom. The highest BCUT2D eigenvalue weighted by atomic mass is 32.2. The summed E-state index contributed by atoms with van der Waals surface area (Å²) in [5, 5.41) is 3.24. The summed E-state index contributed by atoms with van der Waals surface area (Å²) in [6.07, 6.45) is 2.29. The van der Waals surface area contributed by atoms with Crippen molar-refractivity contribution in [1.29, 1.82) is 0 Å². The number of hydrogen-bond acceptors (Lipinski definition) is 7. The molecule has 4 aromatic rings. The Labute approximate surface area is 277 Å². The molecule has 0 bridgehead atoms. The maximum absolute atomic E-state index is 15.4. The predicted octanol–water partition coefficient (Wildman–Crippen LogP) is 4.90. The maximum Gasteiger partial charge on any atom is 0.247 e. The van der Waals surface area contributed by atoms with Gasteiger partial charge in [0.05, 0.1) is 19.3 Å². The number of methoxy groups -OCH3 is 1. The smallest absolute Gasteiger partial charge is 0.247 e.